The van der Waals surface area contributed by atoms with Crippen molar-refractivity contribution >= 4 is 23.3 Å². The third-order valence-corrected chi connectivity index (χ3v) is 2.53. The van der Waals surface area contributed by atoms with Gasteiger partial charge in [-0.1, -0.05) is 0 Å². The van der Waals surface area contributed by atoms with Crippen LogP contribution in [0.15, 0.2) is 17.0 Å². The highest BCUT2D eigenvalue weighted by atomic mass is 32.1. The Morgan fingerprint density at radius 2 is 2.46 bits per heavy atom. The molecule has 13 heavy (non-hydrogen) atoms. The molecule has 0 radical (unpaired) electrons. The molecule has 1 aromatic rings. The highest BCUT2D eigenvalue weighted by molar-refractivity contribution is 7.11. The van der Waals surface area contributed by atoms with E-state index in [1.807, 2.05) is 18.4 Å². The summed E-state index contributed by atoms with van der Waals surface area (Å²) in [5.74, 6) is -0.685. The van der Waals surface area contributed by atoms with E-state index in [4.69, 9.17) is 11.0 Å². The number of nitriles is 1. The minimum Gasteiger partial charge on any atom is -0.365 e. The zero-order chi connectivity index (χ0) is 9.84. The van der Waals surface area contributed by atoms with E-state index in [0.29, 0.717) is 0 Å². The molecule has 1 heterocycles. The van der Waals surface area contributed by atoms with Crippen LogP contribution in [-0.2, 0) is 4.79 Å². The van der Waals surface area contributed by atoms with Crippen molar-refractivity contribution in [3.63, 3.8) is 0 Å². The Morgan fingerprint density at radius 3 is 2.85 bits per heavy atom. The highest BCUT2D eigenvalue weighted by Gasteiger charge is 2.04. The molecule has 0 saturated heterocycles. The quantitative estimate of drug-likeness (QED) is 0.569. The summed E-state index contributed by atoms with van der Waals surface area (Å²) < 4.78 is 0. The molecule has 1 amide bonds. The highest BCUT2D eigenvalue weighted by Crippen LogP contribution is 2.18. The standard InChI is InChI=1S/C9H8N2OS/c1-6-2-3-13-8(6)4-7(5-10)9(11)12/h2-4H,1H3,(H2,11,12)/b7-4+. The maximum Gasteiger partial charge on any atom is 0.259 e. The summed E-state index contributed by atoms with van der Waals surface area (Å²) in [6.45, 7) is 1.92. The maximum absolute atomic E-state index is 10.7. The van der Waals surface area contributed by atoms with Gasteiger partial charge in [-0.15, -0.1) is 11.3 Å². The summed E-state index contributed by atoms with van der Waals surface area (Å²) in [5.41, 5.74) is 6.02. The van der Waals surface area contributed by atoms with Crippen LogP contribution in [0.3, 0.4) is 0 Å². The fourth-order valence-electron chi connectivity index (χ4n) is 0.822. The average Bonchev–Trinajstić information content (AvgIpc) is 2.46. The largest absolute Gasteiger partial charge is 0.365 e. The molecular weight excluding hydrogens is 184 g/mol. The van der Waals surface area contributed by atoms with Crippen LogP contribution in [0.1, 0.15) is 10.4 Å². The zero-order valence-corrected chi connectivity index (χ0v) is 7.89. The Morgan fingerprint density at radius 1 is 1.77 bits per heavy atom. The normalized spacial score (nSPS) is 10.9. The summed E-state index contributed by atoms with van der Waals surface area (Å²) in [6.07, 6.45) is 1.52. The second-order valence-electron chi connectivity index (χ2n) is 2.50. The Hall–Kier alpha value is -1.60. The lowest BCUT2D eigenvalue weighted by molar-refractivity contribution is -0.114. The third kappa shape index (κ3) is 2.17. The Balaban J connectivity index is 3.07. The van der Waals surface area contributed by atoms with Gasteiger partial charge in [0.1, 0.15) is 11.6 Å². The molecule has 1 aromatic heterocycles. The predicted molar refractivity (Wildman–Crippen MR) is 51.8 cm³/mol. The third-order valence-electron chi connectivity index (χ3n) is 1.56. The fraction of sp³-hybridized carbons (Fsp3) is 0.111. The van der Waals surface area contributed by atoms with Gasteiger partial charge in [0, 0.05) is 4.88 Å². The van der Waals surface area contributed by atoms with E-state index in [1.54, 1.807) is 6.07 Å². The second-order valence-corrected chi connectivity index (χ2v) is 3.45. The van der Waals surface area contributed by atoms with Gasteiger partial charge in [-0.05, 0) is 30.0 Å². The zero-order valence-electron chi connectivity index (χ0n) is 7.07. The van der Waals surface area contributed by atoms with Gasteiger partial charge < -0.3 is 5.73 Å². The Labute approximate surface area is 80.1 Å². The van der Waals surface area contributed by atoms with Crippen LogP contribution in [-0.4, -0.2) is 5.91 Å². The number of carbonyl (C=O) groups is 1. The smallest absolute Gasteiger partial charge is 0.259 e. The van der Waals surface area contributed by atoms with E-state index in [-0.39, 0.29) is 5.57 Å². The van der Waals surface area contributed by atoms with Crippen LogP contribution in [0.4, 0.5) is 0 Å². The van der Waals surface area contributed by atoms with Gasteiger partial charge in [0.25, 0.3) is 5.91 Å². The molecule has 0 fully saturated rings. The van der Waals surface area contributed by atoms with E-state index in [0.717, 1.165) is 10.4 Å². The average molecular weight is 192 g/mol. The summed E-state index contributed by atoms with van der Waals surface area (Å²) in [7, 11) is 0. The number of carbonyl (C=O) groups excluding carboxylic acids is 1. The first-order valence-corrected chi connectivity index (χ1v) is 4.49. The summed E-state index contributed by atoms with van der Waals surface area (Å²) in [6, 6.07) is 3.68. The van der Waals surface area contributed by atoms with Crippen LogP contribution < -0.4 is 5.73 Å². The number of hydrogen-bond acceptors (Lipinski definition) is 3. The first kappa shape index (κ1) is 9.49. The van der Waals surface area contributed by atoms with Crippen LogP contribution in [0.2, 0.25) is 0 Å². The molecule has 3 nitrogen and oxygen atoms in total. The molecule has 0 spiro atoms. The molecule has 66 valence electrons. The van der Waals surface area contributed by atoms with Crippen LogP contribution in [0.25, 0.3) is 6.08 Å². The van der Waals surface area contributed by atoms with Gasteiger partial charge in [-0.25, -0.2) is 0 Å². The van der Waals surface area contributed by atoms with Crippen molar-refractivity contribution in [1.82, 2.24) is 0 Å². The van der Waals surface area contributed by atoms with E-state index >= 15 is 0 Å². The number of rotatable bonds is 2. The number of aryl methyl sites for hydroxylation is 1. The van der Waals surface area contributed by atoms with E-state index in [9.17, 15) is 4.79 Å². The van der Waals surface area contributed by atoms with E-state index in [2.05, 4.69) is 0 Å². The summed E-state index contributed by atoms with van der Waals surface area (Å²) >= 11 is 1.48. The monoisotopic (exact) mass is 192 g/mol. The maximum atomic E-state index is 10.7. The van der Waals surface area contributed by atoms with Crippen LogP contribution in [0, 0.1) is 18.3 Å². The number of thiophene rings is 1. The minimum absolute atomic E-state index is 0.00875. The molecule has 1 rings (SSSR count). The van der Waals surface area contributed by atoms with Crippen LogP contribution in [0.5, 0.6) is 0 Å². The van der Waals surface area contributed by atoms with Gasteiger partial charge in [-0.3, -0.25) is 4.79 Å². The molecule has 0 aliphatic carbocycles. The van der Waals surface area contributed by atoms with Gasteiger partial charge in [0.15, 0.2) is 0 Å². The molecule has 0 atom stereocenters. The minimum atomic E-state index is -0.685. The van der Waals surface area contributed by atoms with Crippen molar-refractivity contribution in [2.45, 2.75) is 6.92 Å². The SMILES string of the molecule is Cc1ccsc1/C=C(\C#N)C(N)=O. The molecule has 4 heteroatoms. The van der Waals surface area contributed by atoms with Crippen molar-refractivity contribution in [2.24, 2.45) is 5.73 Å². The van der Waals surface area contributed by atoms with E-state index in [1.165, 1.54) is 17.4 Å². The molecule has 0 aromatic carbocycles. The Bertz CT molecular complexity index is 398. The number of amides is 1. The summed E-state index contributed by atoms with van der Waals surface area (Å²) in [5, 5.41) is 10.5. The molecule has 0 bridgehead atoms. The van der Waals surface area contributed by atoms with E-state index < -0.39 is 5.91 Å². The molecular formula is C9H8N2OS. The van der Waals surface area contributed by atoms with Gasteiger partial charge in [-0.2, -0.15) is 5.26 Å². The van der Waals surface area contributed by atoms with Crippen LogP contribution >= 0.6 is 11.3 Å². The predicted octanol–water partition coefficient (Wildman–Crippen LogP) is 1.45. The lowest BCUT2D eigenvalue weighted by Gasteiger charge is -1.91. The number of nitrogens with zero attached hydrogens (tertiary/aromatic N) is 1. The number of hydrogen-bond donors (Lipinski definition) is 1. The van der Waals surface area contributed by atoms with Crippen molar-refractivity contribution < 1.29 is 4.79 Å². The van der Waals surface area contributed by atoms with Gasteiger partial charge in [0.2, 0.25) is 0 Å². The lowest BCUT2D eigenvalue weighted by atomic mass is 10.2. The molecule has 0 aliphatic rings. The topological polar surface area (TPSA) is 66.9 Å². The lowest BCUT2D eigenvalue weighted by Crippen LogP contribution is -2.12. The number of primary amides is 1. The summed E-state index contributed by atoms with van der Waals surface area (Å²) in [4.78, 5) is 11.6. The Kier molecular flexibility index (Phi) is 2.83. The number of nitrogens with two attached hydrogens (primary N) is 1. The van der Waals surface area contributed by atoms with Crippen molar-refractivity contribution in [1.29, 1.82) is 5.26 Å². The first-order chi connectivity index (χ1) is 6.15. The molecule has 0 unspecified atom stereocenters. The molecule has 0 saturated carbocycles. The second kappa shape index (κ2) is 3.87. The first-order valence-electron chi connectivity index (χ1n) is 3.61. The molecule has 2 N–H and O–H groups in total. The van der Waals surface area contributed by atoms with Crippen molar-refractivity contribution in [2.75, 3.05) is 0 Å². The van der Waals surface area contributed by atoms with Crippen molar-refractivity contribution in [3.8, 4) is 6.07 Å². The molecule has 0 aliphatic heterocycles. The van der Waals surface area contributed by atoms with Gasteiger partial charge >= 0.3 is 0 Å². The van der Waals surface area contributed by atoms with Crippen molar-refractivity contribution in [3.05, 3.63) is 27.5 Å². The van der Waals surface area contributed by atoms with Gasteiger partial charge in [0.05, 0.1) is 0 Å². The fourth-order valence-corrected chi connectivity index (χ4v) is 1.68.